The van der Waals surface area contributed by atoms with Crippen molar-refractivity contribution >= 4 is 46.5 Å². The smallest absolute Gasteiger partial charge is 0.326 e. The number of carbonyl (C=O) groups excluding carboxylic acids is 4. The number of guanidine groups is 1. The molecule has 1 heterocycles. The minimum absolute atomic E-state index is 0.00636. The van der Waals surface area contributed by atoms with Crippen molar-refractivity contribution < 1.29 is 39.3 Å². The summed E-state index contributed by atoms with van der Waals surface area (Å²) < 4.78 is 0. The SMILES string of the molecule is CC(NC(=O)C(CO)NC(=O)C(CCCN=C(N)N)NC(=O)C(N)C(C)O)C(=O)NC(Cc1cc2ccccc2[nH]1)C(=O)O. The van der Waals surface area contributed by atoms with Gasteiger partial charge in [-0.3, -0.25) is 24.2 Å². The minimum atomic E-state index is -1.54. The number of aliphatic carboxylic acids is 1. The zero-order valence-electron chi connectivity index (χ0n) is 24.4. The molecular formula is C27H41N9O8. The van der Waals surface area contributed by atoms with Crippen LogP contribution in [0.2, 0.25) is 0 Å². The van der Waals surface area contributed by atoms with Crippen LogP contribution in [0.4, 0.5) is 0 Å². The van der Waals surface area contributed by atoms with Gasteiger partial charge in [0, 0.05) is 24.2 Å². The van der Waals surface area contributed by atoms with Gasteiger partial charge in [-0.15, -0.1) is 0 Å². The number of aliphatic hydroxyl groups excluding tert-OH is 2. The highest BCUT2D eigenvalue weighted by Crippen LogP contribution is 2.16. The predicted molar refractivity (Wildman–Crippen MR) is 160 cm³/mol. The number of nitrogens with one attached hydrogen (secondary N) is 5. The number of para-hydroxylation sites is 1. The maximum absolute atomic E-state index is 13.0. The highest BCUT2D eigenvalue weighted by atomic mass is 16.4. The highest BCUT2D eigenvalue weighted by molar-refractivity contribution is 5.95. The number of benzene rings is 1. The summed E-state index contributed by atoms with van der Waals surface area (Å²) in [6.45, 7) is 1.85. The van der Waals surface area contributed by atoms with Gasteiger partial charge in [0.05, 0.1) is 12.7 Å². The van der Waals surface area contributed by atoms with E-state index in [0.717, 1.165) is 10.9 Å². The first-order valence-corrected chi connectivity index (χ1v) is 13.8. The molecule has 0 aliphatic rings. The molecule has 0 saturated carbocycles. The van der Waals surface area contributed by atoms with Crippen molar-refractivity contribution in [1.82, 2.24) is 26.3 Å². The van der Waals surface area contributed by atoms with Crippen molar-refractivity contribution in [2.24, 2.45) is 22.2 Å². The summed E-state index contributed by atoms with van der Waals surface area (Å²) in [5.74, 6) is -4.93. The maximum Gasteiger partial charge on any atom is 0.326 e. The first-order valence-electron chi connectivity index (χ1n) is 13.8. The number of nitrogens with two attached hydrogens (primary N) is 3. The number of aliphatic hydroxyl groups is 2. The van der Waals surface area contributed by atoms with Gasteiger partial charge in [0.25, 0.3) is 0 Å². The van der Waals surface area contributed by atoms with Gasteiger partial charge in [-0.05, 0) is 44.2 Å². The average molecular weight is 620 g/mol. The van der Waals surface area contributed by atoms with E-state index in [0.29, 0.717) is 5.69 Å². The van der Waals surface area contributed by atoms with Gasteiger partial charge in [0.2, 0.25) is 23.6 Å². The Balaban J connectivity index is 2.03. The normalized spacial score (nSPS) is 15.1. The van der Waals surface area contributed by atoms with Crippen LogP contribution in [0, 0.1) is 0 Å². The molecule has 0 fully saturated rings. The Hall–Kier alpha value is -4.74. The van der Waals surface area contributed by atoms with Crippen LogP contribution >= 0.6 is 0 Å². The van der Waals surface area contributed by atoms with Crippen molar-refractivity contribution in [3.8, 4) is 0 Å². The molecule has 0 spiro atoms. The Kier molecular flexibility index (Phi) is 13.5. The Morgan fingerprint density at radius 1 is 0.909 bits per heavy atom. The molecule has 0 aliphatic heterocycles. The molecule has 0 aliphatic carbocycles. The highest BCUT2D eigenvalue weighted by Gasteiger charge is 2.31. The zero-order chi connectivity index (χ0) is 33.0. The molecule has 1 aromatic carbocycles. The summed E-state index contributed by atoms with van der Waals surface area (Å²) in [7, 11) is 0. The van der Waals surface area contributed by atoms with Crippen LogP contribution in [0.1, 0.15) is 32.4 Å². The molecule has 242 valence electrons. The van der Waals surface area contributed by atoms with Crippen molar-refractivity contribution in [2.75, 3.05) is 13.2 Å². The molecule has 14 N–H and O–H groups in total. The lowest BCUT2D eigenvalue weighted by molar-refractivity contribution is -0.142. The lowest BCUT2D eigenvalue weighted by Gasteiger charge is -2.25. The van der Waals surface area contributed by atoms with Gasteiger partial charge < -0.3 is 58.8 Å². The molecule has 2 aromatic rings. The van der Waals surface area contributed by atoms with Gasteiger partial charge in [-0.2, -0.15) is 0 Å². The second-order valence-corrected chi connectivity index (χ2v) is 10.2. The number of aromatic amines is 1. The van der Waals surface area contributed by atoms with E-state index in [-0.39, 0.29) is 31.8 Å². The summed E-state index contributed by atoms with van der Waals surface area (Å²) in [4.78, 5) is 69.7. The van der Waals surface area contributed by atoms with Crippen LogP contribution in [0.5, 0.6) is 0 Å². The summed E-state index contributed by atoms with van der Waals surface area (Å²) >= 11 is 0. The monoisotopic (exact) mass is 619 g/mol. The van der Waals surface area contributed by atoms with Crippen LogP contribution in [-0.4, -0.2) is 105 Å². The Bertz CT molecular complexity index is 1310. The first-order chi connectivity index (χ1) is 20.7. The van der Waals surface area contributed by atoms with Crippen LogP contribution in [0.3, 0.4) is 0 Å². The lowest BCUT2D eigenvalue weighted by Crippen LogP contribution is -2.59. The molecule has 17 heteroatoms. The molecule has 1 aromatic heterocycles. The fourth-order valence-electron chi connectivity index (χ4n) is 4.07. The fraction of sp³-hybridized carbons (Fsp3) is 0.481. The van der Waals surface area contributed by atoms with E-state index in [1.807, 2.05) is 24.3 Å². The summed E-state index contributed by atoms with van der Waals surface area (Å²) in [6.07, 6.45) is -1.03. The molecule has 44 heavy (non-hydrogen) atoms. The van der Waals surface area contributed by atoms with E-state index in [4.69, 9.17) is 17.2 Å². The van der Waals surface area contributed by atoms with E-state index >= 15 is 0 Å². The number of nitrogens with zero attached hydrogens (tertiary/aromatic N) is 1. The van der Waals surface area contributed by atoms with Gasteiger partial charge in [0.15, 0.2) is 5.96 Å². The largest absolute Gasteiger partial charge is 0.480 e. The second kappa shape index (κ2) is 16.8. The van der Waals surface area contributed by atoms with Crippen LogP contribution in [-0.2, 0) is 30.4 Å². The third-order valence-corrected chi connectivity index (χ3v) is 6.59. The van der Waals surface area contributed by atoms with Gasteiger partial charge in [-0.25, -0.2) is 4.79 Å². The first kappa shape index (κ1) is 35.5. The molecule has 4 amide bonds. The van der Waals surface area contributed by atoms with Crippen molar-refractivity contribution in [2.45, 2.75) is 69.4 Å². The number of H-pyrrole nitrogens is 1. The maximum atomic E-state index is 13.0. The molecule has 6 atom stereocenters. The third-order valence-electron chi connectivity index (χ3n) is 6.59. The minimum Gasteiger partial charge on any atom is -0.480 e. The van der Waals surface area contributed by atoms with E-state index in [1.54, 1.807) is 6.07 Å². The van der Waals surface area contributed by atoms with E-state index < -0.39 is 72.5 Å². The summed E-state index contributed by atoms with van der Waals surface area (Å²) in [5, 5.41) is 39.3. The molecule has 0 radical (unpaired) electrons. The Morgan fingerprint density at radius 2 is 1.52 bits per heavy atom. The van der Waals surface area contributed by atoms with E-state index in [2.05, 4.69) is 31.2 Å². The number of carboxylic acids is 1. The standard InChI is InChI=1S/C27H41N9O8/c1-13(22(39)35-19(26(43)44)11-16-10-15-6-3-4-7-17(15)33-16)32-24(41)20(12-37)36-23(40)18(8-5-9-31-27(29)30)34-25(42)21(28)14(2)38/h3-4,6-7,10,13-14,18-21,33,37-38H,5,8-9,11-12,28H2,1-2H3,(H,32,41)(H,34,42)(H,35,39)(H,36,40)(H,43,44)(H4,29,30,31). The van der Waals surface area contributed by atoms with Crippen molar-refractivity contribution in [3.05, 3.63) is 36.0 Å². The molecule has 2 rings (SSSR count). The average Bonchev–Trinajstić information content (AvgIpc) is 3.38. The molecule has 17 nitrogen and oxygen atoms in total. The topological polar surface area (TPSA) is 300 Å². The Labute approximate surface area is 253 Å². The summed E-state index contributed by atoms with van der Waals surface area (Å²) in [6, 6.07) is 2.41. The molecule has 0 saturated heterocycles. The number of hydrogen-bond acceptors (Lipinski definition) is 9. The van der Waals surface area contributed by atoms with Crippen molar-refractivity contribution in [1.29, 1.82) is 0 Å². The van der Waals surface area contributed by atoms with Gasteiger partial charge in [0.1, 0.15) is 30.2 Å². The number of carbonyl (C=O) groups is 5. The quantitative estimate of drug-likeness (QED) is 0.0469. The third kappa shape index (κ3) is 10.8. The number of fused-ring (bicyclic) bond motifs is 1. The Morgan fingerprint density at radius 3 is 2.11 bits per heavy atom. The van der Waals surface area contributed by atoms with Crippen molar-refractivity contribution in [3.63, 3.8) is 0 Å². The number of aliphatic imine (C=N–C) groups is 1. The number of amides is 4. The number of hydrogen-bond donors (Lipinski definition) is 11. The summed E-state index contributed by atoms with van der Waals surface area (Å²) in [5.41, 5.74) is 17.6. The number of rotatable bonds is 17. The van der Waals surface area contributed by atoms with E-state index in [9.17, 15) is 39.3 Å². The second-order valence-electron chi connectivity index (χ2n) is 10.2. The van der Waals surface area contributed by atoms with E-state index in [1.165, 1.54) is 13.8 Å². The predicted octanol–water partition coefficient (Wildman–Crippen LogP) is -3.49. The van der Waals surface area contributed by atoms with Gasteiger partial charge >= 0.3 is 5.97 Å². The number of carboxylic acid groups (broad SMARTS) is 1. The molecule has 6 unspecified atom stereocenters. The molecular weight excluding hydrogens is 578 g/mol. The zero-order valence-corrected chi connectivity index (χ0v) is 24.4. The molecule has 0 bridgehead atoms. The van der Waals surface area contributed by atoms with Crippen LogP contribution < -0.4 is 38.5 Å². The van der Waals surface area contributed by atoms with Crippen LogP contribution in [0.15, 0.2) is 35.3 Å². The van der Waals surface area contributed by atoms with Crippen LogP contribution in [0.25, 0.3) is 10.9 Å². The number of aromatic nitrogens is 1. The lowest BCUT2D eigenvalue weighted by atomic mass is 10.1. The fourth-order valence-corrected chi connectivity index (χ4v) is 4.07. The van der Waals surface area contributed by atoms with Gasteiger partial charge in [-0.1, -0.05) is 18.2 Å².